The molecule has 0 unspecified atom stereocenters. The first kappa shape index (κ1) is 14.3. The Bertz CT molecular complexity index is 541. The van der Waals surface area contributed by atoms with E-state index in [1.807, 2.05) is 27.7 Å². The lowest BCUT2D eigenvalue weighted by atomic mass is 9.83. The minimum absolute atomic E-state index is 0.421. The molecule has 2 heterocycles. The Morgan fingerprint density at radius 1 is 1.20 bits per heavy atom. The monoisotopic (exact) mass is 295 g/mol. The number of aromatic nitrogens is 1. The van der Waals surface area contributed by atoms with Crippen molar-refractivity contribution < 1.29 is 14.4 Å². The maximum atomic E-state index is 10.1. The summed E-state index contributed by atoms with van der Waals surface area (Å²) in [4.78, 5) is 4.36. The Morgan fingerprint density at radius 2 is 1.75 bits per heavy atom. The van der Waals surface area contributed by atoms with Crippen LogP contribution in [0.3, 0.4) is 0 Å². The Hall–Kier alpha value is -0.615. The molecule has 4 nitrogen and oxygen atoms in total. The molecule has 0 bridgehead atoms. The molecule has 6 heteroatoms. The zero-order chi connectivity index (χ0) is 14.8. The second kappa shape index (κ2) is 4.20. The smallest absolute Gasteiger partial charge is 0.398 e. The number of pyridine rings is 1. The zero-order valence-corrected chi connectivity index (χ0v) is 13.0. The van der Waals surface area contributed by atoms with Gasteiger partial charge in [0.25, 0.3) is 0 Å². The summed E-state index contributed by atoms with van der Waals surface area (Å²) < 4.78 is 11.9. The summed E-state index contributed by atoms with van der Waals surface area (Å²) >= 11 is 6.30. The molecule has 0 aromatic carbocycles. The Balaban J connectivity index is 1.89. The van der Waals surface area contributed by atoms with Crippen LogP contribution in [0.5, 0.6) is 0 Å². The summed E-state index contributed by atoms with van der Waals surface area (Å²) in [6, 6.07) is 1.77. The van der Waals surface area contributed by atoms with Gasteiger partial charge in [0, 0.05) is 11.8 Å². The Labute approximate surface area is 124 Å². The number of nitrogens with zero attached hydrogens (tertiary/aromatic N) is 1. The van der Waals surface area contributed by atoms with Crippen LogP contribution in [0.4, 0.5) is 0 Å². The van der Waals surface area contributed by atoms with Gasteiger partial charge in [-0.15, -0.1) is 0 Å². The highest BCUT2D eigenvalue weighted by atomic mass is 35.5. The number of hydrogen-bond donors (Lipinski definition) is 1. The zero-order valence-electron chi connectivity index (χ0n) is 12.2. The van der Waals surface area contributed by atoms with Crippen LogP contribution in [-0.2, 0) is 14.9 Å². The quantitative estimate of drug-likeness (QED) is 0.848. The van der Waals surface area contributed by atoms with Gasteiger partial charge in [0.1, 0.15) is 0 Å². The SMILES string of the molecule is CC1(C)OB(c2ncc(C3(O)CC3)cc2Cl)OC1(C)C. The highest BCUT2D eigenvalue weighted by molar-refractivity contribution is 6.64. The molecule has 1 N–H and O–H groups in total. The van der Waals surface area contributed by atoms with Crippen LogP contribution in [0.15, 0.2) is 12.3 Å². The number of halogens is 1. The van der Waals surface area contributed by atoms with Crippen LogP contribution >= 0.6 is 11.6 Å². The summed E-state index contributed by atoms with van der Waals surface area (Å²) in [5.41, 5.74) is -0.238. The molecular formula is C14H19BClNO3. The van der Waals surface area contributed by atoms with Gasteiger partial charge in [-0.1, -0.05) is 11.6 Å². The lowest BCUT2D eigenvalue weighted by Gasteiger charge is -2.32. The summed E-state index contributed by atoms with van der Waals surface area (Å²) in [5, 5.41) is 10.6. The highest BCUT2D eigenvalue weighted by Crippen LogP contribution is 2.45. The van der Waals surface area contributed by atoms with E-state index in [0.717, 1.165) is 18.4 Å². The maximum Gasteiger partial charge on any atom is 0.516 e. The summed E-state index contributed by atoms with van der Waals surface area (Å²) in [5.74, 6) is 0. The van der Waals surface area contributed by atoms with Crippen LogP contribution in [0.2, 0.25) is 5.02 Å². The average Bonchev–Trinajstić information content (AvgIpc) is 3.01. The minimum atomic E-state index is -0.731. The van der Waals surface area contributed by atoms with Crippen molar-refractivity contribution in [2.24, 2.45) is 0 Å². The number of rotatable bonds is 2. The van der Waals surface area contributed by atoms with Gasteiger partial charge in [-0.05, 0) is 46.6 Å². The Kier molecular flexibility index (Phi) is 3.01. The normalized spacial score (nSPS) is 25.8. The van der Waals surface area contributed by atoms with Gasteiger partial charge in [-0.25, -0.2) is 0 Å². The van der Waals surface area contributed by atoms with Gasteiger partial charge in [-0.3, -0.25) is 4.98 Å². The van der Waals surface area contributed by atoms with Crippen molar-refractivity contribution in [1.29, 1.82) is 0 Å². The van der Waals surface area contributed by atoms with E-state index >= 15 is 0 Å². The number of hydrogen-bond acceptors (Lipinski definition) is 4. The fourth-order valence-electron chi connectivity index (χ4n) is 2.24. The third-order valence-electron chi connectivity index (χ3n) is 4.61. The predicted molar refractivity (Wildman–Crippen MR) is 78.1 cm³/mol. The van der Waals surface area contributed by atoms with Gasteiger partial charge in [0.05, 0.1) is 27.4 Å². The lowest BCUT2D eigenvalue weighted by Crippen LogP contribution is -2.41. The van der Waals surface area contributed by atoms with Crippen molar-refractivity contribution in [1.82, 2.24) is 4.98 Å². The van der Waals surface area contributed by atoms with E-state index in [0.29, 0.717) is 10.6 Å². The molecule has 1 saturated carbocycles. The van der Waals surface area contributed by atoms with Crippen molar-refractivity contribution in [2.45, 2.75) is 57.3 Å². The molecule has 0 amide bonds. The van der Waals surface area contributed by atoms with Gasteiger partial charge >= 0.3 is 7.12 Å². The second-order valence-electron chi connectivity index (χ2n) is 6.71. The first-order valence-corrected chi connectivity index (χ1v) is 7.26. The van der Waals surface area contributed by atoms with E-state index in [1.54, 1.807) is 12.3 Å². The van der Waals surface area contributed by atoms with Gasteiger partial charge in [0.2, 0.25) is 0 Å². The van der Waals surface area contributed by atoms with Crippen molar-refractivity contribution >= 4 is 24.3 Å². The van der Waals surface area contributed by atoms with Crippen LogP contribution in [0.25, 0.3) is 0 Å². The van der Waals surface area contributed by atoms with Crippen LogP contribution in [0.1, 0.15) is 46.1 Å². The first-order chi connectivity index (χ1) is 9.15. The molecule has 20 heavy (non-hydrogen) atoms. The fourth-order valence-corrected chi connectivity index (χ4v) is 2.49. The average molecular weight is 296 g/mol. The van der Waals surface area contributed by atoms with Crippen molar-refractivity contribution in [3.63, 3.8) is 0 Å². The number of aliphatic hydroxyl groups is 1. The summed E-state index contributed by atoms with van der Waals surface area (Å²) in [6.45, 7) is 7.95. The molecule has 0 atom stereocenters. The first-order valence-electron chi connectivity index (χ1n) is 6.89. The van der Waals surface area contributed by atoms with E-state index in [9.17, 15) is 5.11 Å². The minimum Gasteiger partial charge on any atom is -0.398 e. The van der Waals surface area contributed by atoms with Crippen LogP contribution < -0.4 is 5.59 Å². The van der Waals surface area contributed by atoms with Crippen molar-refractivity contribution in [3.8, 4) is 0 Å². The van der Waals surface area contributed by atoms with Gasteiger partial charge in [0.15, 0.2) is 0 Å². The third kappa shape index (κ3) is 2.17. The maximum absolute atomic E-state index is 10.1. The van der Waals surface area contributed by atoms with E-state index in [4.69, 9.17) is 20.9 Å². The predicted octanol–water partition coefficient (Wildman–Crippen LogP) is 2.02. The van der Waals surface area contributed by atoms with Crippen LogP contribution in [-0.4, -0.2) is 28.4 Å². The molecule has 1 aliphatic heterocycles. The molecule has 1 aliphatic carbocycles. The summed E-state index contributed by atoms with van der Waals surface area (Å²) in [6.07, 6.45) is 3.20. The molecule has 1 aromatic rings. The highest BCUT2D eigenvalue weighted by Gasteiger charge is 2.53. The lowest BCUT2D eigenvalue weighted by molar-refractivity contribution is 0.00578. The van der Waals surface area contributed by atoms with Crippen molar-refractivity contribution in [2.75, 3.05) is 0 Å². The fraction of sp³-hybridized carbons (Fsp3) is 0.643. The topological polar surface area (TPSA) is 51.6 Å². The van der Waals surface area contributed by atoms with E-state index in [1.165, 1.54) is 0 Å². The molecule has 2 fully saturated rings. The second-order valence-corrected chi connectivity index (χ2v) is 7.12. The third-order valence-corrected chi connectivity index (χ3v) is 4.91. The standard InChI is InChI=1S/C14H19BClNO3/c1-12(2)13(3,4)20-15(19-12)11-10(16)7-9(8-17-11)14(18)5-6-14/h7-8,18H,5-6H2,1-4H3. The molecule has 0 spiro atoms. The van der Waals surface area contributed by atoms with E-state index in [2.05, 4.69) is 4.98 Å². The Morgan fingerprint density at radius 3 is 2.20 bits per heavy atom. The molecule has 108 valence electrons. The van der Waals surface area contributed by atoms with Gasteiger partial charge < -0.3 is 14.4 Å². The molecular weight excluding hydrogens is 276 g/mol. The largest absolute Gasteiger partial charge is 0.516 e. The summed E-state index contributed by atoms with van der Waals surface area (Å²) in [7, 11) is -0.574. The van der Waals surface area contributed by atoms with E-state index in [-0.39, 0.29) is 0 Å². The molecule has 0 radical (unpaired) electrons. The van der Waals surface area contributed by atoms with E-state index < -0.39 is 23.9 Å². The van der Waals surface area contributed by atoms with Crippen LogP contribution in [0, 0.1) is 0 Å². The molecule has 3 rings (SSSR count). The molecule has 1 aromatic heterocycles. The van der Waals surface area contributed by atoms with Gasteiger partial charge in [-0.2, -0.15) is 0 Å². The molecule has 1 saturated heterocycles. The van der Waals surface area contributed by atoms with Crippen molar-refractivity contribution in [3.05, 3.63) is 22.8 Å². The molecule has 2 aliphatic rings.